The van der Waals surface area contributed by atoms with Gasteiger partial charge in [0.25, 0.3) is 0 Å². The lowest BCUT2D eigenvalue weighted by atomic mass is 10.1. The fourth-order valence-corrected chi connectivity index (χ4v) is 2.90. The van der Waals surface area contributed by atoms with E-state index in [4.69, 9.17) is 10.5 Å². The summed E-state index contributed by atoms with van der Waals surface area (Å²) in [6, 6.07) is 22.2. The number of nitrogens with two attached hydrogens (primary N) is 1. The highest BCUT2D eigenvalue weighted by molar-refractivity contribution is 7.10. The lowest BCUT2D eigenvalue weighted by molar-refractivity contribution is 0.306. The van der Waals surface area contributed by atoms with Crippen molar-refractivity contribution in [3.8, 4) is 5.75 Å². The van der Waals surface area contributed by atoms with Crippen molar-refractivity contribution in [1.29, 1.82) is 0 Å². The van der Waals surface area contributed by atoms with E-state index in [1.165, 1.54) is 4.88 Å². The number of benzene rings is 2. The van der Waals surface area contributed by atoms with Crippen LogP contribution in [0.15, 0.2) is 72.1 Å². The molecule has 0 unspecified atom stereocenters. The number of hydrogen-bond donors (Lipinski definition) is 1. The molecule has 3 aromatic rings. The largest absolute Gasteiger partial charge is 0.489 e. The zero-order valence-corrected chi connectivity index (χ0v) is 12.4. The molecule has 0 aliphatic carbocycles. The van der Waals surface area contributed by atoms with E-state index in [0.29, 0.717) is 6.61 Å². The number of ether oxygens (including phenoxy) is 1. The van der Waals surface area contributed by atoms with Gasteiger partial charge in [-0.25, -0.2) is 0 Å². The van der Waals surface area contributed by atoms with E-state index >= 15 is 0 Å². The Bertz CT molecular complexity index is 662. The van der Waals surface area contributed by atoms with E-state index in [0.717, 1.165) is 16.9 Å². The summed E-state index contributed by atoms with van der Waals surface area (Å²) < 4.78 is 5.78. The van der Waals surface area contributed by atoms with E-state index < -0.39 is 0 Å². The molecule has 0 radical (unpaired) electrons. The summed E-state index contributed by atoms with van der Waals surface area (Å²) in [7, 11) is 0. The first kappa shape index (κ1) is 13.9. The van der Waals surface area contributed by atoms with Gasteiger partial charge in [0.2, 0.25) is 0 Å². The molecule has 0 spiro atoms. The van der Waals surface area contributed by atoms with Crippen molar-refractivity contribution < 1.29 is 4.74 Å². The first-order chi connectivity index (χ1) is 10.3. The molecule has 3 heteroatoms. The maximum Gasteiger partial charge on any atom is 0.119 e. The van der Waals surface area contributed by atoms with Crippen LogP contribution in [0.25, 0.3) is 0 Å². The predicted octanol–water partition coefficient (Wildman–Crippen LogP) is 4.38. The van der Waals surface area contributed by atoms with Gasteiger partial charge >= 0.3 is 0 Å². The lowest BCUT2D eigenvalue weighted by Crippen LogP contribution is -2.09. The Morgan fingerprint density at radius 2 is 1.67 bits per heavy atom. The van der Waals surface area contributed by atoms with Gasteiger partial charge in [0.15, 0.2) is 0 Å². The Balaban J connectivity index is 1.64. The van der Waals surface area contributed by atoms with Crippen molar-refractivity contribution in [1.82, 2.24) is 0 Å². The molecule has 21 heavy (non-hydrogen) atoms. The fraction of sp³-hybridized carbons (Fsp3) is 0.111. The molecule has 0 amide bonds. The third-order valence-corrected chi connectivity index (χ3v) is 4.29. The molecular weight excluding hydrogens is 278 g/mol. The van der Waals surface area contributed by atoms with Gasteiger partial charge in [-0.3, -0.25) is 0 Å². The van der Waals surface area contributed by atoms with Crippen LogP contribution in [0.5, 0.6) is 5.75 Å². The molecule has 0 bridgehead atoms. The van der Waals surface area contributed by atoms with Crippen LogP contribution >= 0.6 is 11.3 Å². The molecule has 2 N–H and O–H groups in total. The molecule has 0 aliphatic heterocycles. The maximum absolute atomic E-state index is 6.25. The topological polar surface area (TPSA) is 35.2 Å². The van der Waals surface area contributed by atoms with Gasteiger partial charge in [-0.1, -0.05) is 48.5 Å². The SMILES string of the molecule is N[C@H](c1ccc(OCc2ccccc2)cc1)c1cccs1. The number of hydrogen-bond acceptors (Lipinski definition) is 3. The van der Waals surface area contributed by atoms with Crippen LogP contribution in [0.1, 0.15) is 22.0 Å². The third-order valence-electron chi connectivity index (χ3n) is 3.34. The van der Waals surface area contributed by atoms with E-state index in [2.05, 4.69) is 18.2 Å². The van der Waals surface area contributed by atoms with Gasteiger partial charge in [-0.2, -0.15) is 0 Å². The standard InChI is InChI=1S/C18H17NOS/c19-18(17-7-4-12-21-17)15-8-10-16(11-9-15)20-13-14-5-2-1-3-6-14/h1-12,18H,13,19H2/t18-/m1/s1. The second kappa shape index (κ2) is 6.57. The molecule has 1 atom stereocenters. The Morgan fingerprint density at radius 1 is 0.905 bits per heavy atom. The fourth-order valence-electron chi connectivity index (χ4n) is 2.14. The zero-order valence-electron chi connectivity index (χ0n) is 11.6. The van der Waals surface area contributed by atoms with E-state index in [1.807, 2.05) is 53.9 Å². The van der Waals surface area contributed by atoms with Crippen molar-refractivity contribution in [3.05, 3.63) is 88.1 Å². The van der Waals surface area contributed by atoms with Crippen molar-refractivity contribution in [3.63, 3.8) is 0 Å². The summed E-state index contributed by atoms with van der Waals surface area (Å²) in [6.45, 7) is 0.581. The Kier molecular flexibility index (Phi) is 4.34. The second-order valence-electron chi connectivity index (χ2n) is 4.84. The molecule has 2 aromatic carbocycles. The van der Waals surface area contributed by atoms with Gasteiger partial charge < -0.3 is 10.5 Å². The molecule has 3 rings (SSSR count). The van der Waals surface area contributed by atoms with Crippen LogP contribution in [0.4, 0.5) is 0 Å². The van der Waals surface area contributed by atoms with Crippen LogP contribution in [0.3, 0.4) is 0 Å². The van der Waals surface area contributed by atoms with Crippen molar-refractivity contribution in [2.75, 3.05) is 0 Å². The average molecular weight is 295 g/mol. The summed E-state index contributed by atoms with van der Waals surface area (Å²) >= 11 is 1.68. The molecule has 0 saturated heterocycles. The Morgan fingerprint density at radius 3 is 2.33 bits per heavy atom. The average Bonchev–Trinajstić information content (AvgIpc) is 3.08. The quantitative estimate of drug-likeness (QED) is 0.758. The maximum atomic E-state index is 6.25. The first-order valence-electron chi connectivity index (χ1n) is 6.88. The molecule has 2 nitrogen and oxygen atoms in total. The minimum absolute atomic E-state index is 0.0619. The van der Waals surface area contributed by atoms with Gasteiger partial charge in [-0.15, -0.1) is 11.3 Å². The smallest absolute Gasteiger partial charge is 0.119 e. The van der Waals surface area contributed by atoms with E-state index in [-0.39, 0.29) is 6.04 Å². The summed E-state index contributed by atoms with van der Waals surface area (Å²) in [5.41, 5.74) is 8.51. The van der Waals surface area contributed by atoms with Crippen molar-refractivity contribution >= 4 is 11.3 Å². The monoisotopic (exact) mass is 295 g/mol. The first-order valence-corrected chi connectivity index (χ1v) is 7.76. The van der Waals surface area contributed by atoms with Crippen LogP contribution in [-0.2, 0) is 6.61 Å². The summed E-state index contributed by atoms with van der Waals surface area (Å²) in [5, 5.41) is 2.05. The van der Waals surface area contributed by atoms with Crippen LogP contribution in [0.2, 0.25) is 0 Å². The molecule has 0 aliphatic rings. The highest BCUT2D eigenvalue weighted by Gasteiger charge is 2.09. The molecule has 106 valence electrons. The Hall–Kier alpha value is -2.10. The summed E-state index contributed by atoms with van der Waals surface area (Å²) in [6.07, 6.45) is 0. The van der Waals surface area contributed by atoms with Crippen LogP contribution in [-0.4, -0.2) is 0 Å². The van der Waals surface area contributed by atoms with Crippen LogP contribution in [0, 0.1) is 0 Å². The predicted molar refractivity (Wildman–Crippen MR) is 87.6 cm³/mol. The normalized spacial score (nSPS) is 12.0. The second-order valence-corrected chi connectivity index (χ2v) is 5.82. The molecule has 1 aromatic heterocycles. The van der Waals surface area contributed by atoms with E-state index in [1.54, 1.807) is 11.3 Å². The van der Waals surface area contributed by atoms with Gasteiger partial charge in [0.05, 0.1) is 6.04 Å². The van der Waals surface area contributed by atoms with Crippen LogP contribution < -0.4 is 10.5 Å². The van der Waals surface area contributed by atoms with Crippen molar-refractivity contribution in [2.45, 2.75) is 12.6 Å². The van der Waals surface area contributed by atoms with Gasteiger partial charge in [0, 0.05) is 4.88 Å². The highest BCUT2D eigenvalue weighted by Crippen LogP contribution is 2.25. The number of rotatable bonds is 5. The minimum atomic E-state index is -0.0619. The molecular formula is C18H17NOS. The third kappa shape index (κ3) is 3.51. The summed E-state index contributed by atoms with van der Waals surface area (Å²) in [4.78, 5) is 1.17. The van der Waals surface area contributed by atoms with E-state index in [9.17, 15) is 0 Å². The molecule has 1 heterocycles. The molecule has 0 saturated carbocycles. The number of thiophene rings is 1. The molecule has 0 fully saturated rings. The van der Waals surface area contributed by atoms with Gasteiger partial charge in [0.1, 0.15) is 12.4 Å². The Labute approximate surface area is 128 Å². The minimum Gasteiger partial charge on any atom is -0.489 e. The van der Waals surface area contributed by atoms with Crippen molar-refractivity contribution in [2.24, 2.45) is 5.73 Å². The summed E-state index contributed by atoms with van der Waals surface area (Å²) in [5.74, 6) is 0.862. The zero-order chi connectivity index (χ0) is 14.5. The lowest BCUT2D eigenvalue weighted by Gasteiger charge is -2.11. The highest BCUT2D eigenvalue weighted by atomic mass is 32.1. The van der Waals surface area contributed by atoms with Gasteiger partial charge in [-0.05, 0) is 34.7 Å².